The second-order valence-electron chi connectivity index (χ2n) is 6.02. The summed E-state index contributed by atoms with van der Waals surface area (Å²) in [5.41, 5.74) is 0.671. The van der Waals surface area contributed by atoms with Crippen molar-refractivity contribution in [3.05, 3.63) is 46.2 Å². The first kappa shape index (κ1) is 20.2. The molecule has 4 aromatic rings. The highest BCUT2D eigenvalue weighted by Gasteiger charge is 2.18. The lowest BCUT2D eigenvalue weighted by molar-refractivity contribution is 0.324. The molecule has 0 radical (unpaired) electrons. The average Bonchev–Trinajstić information content (AvgIpc) is 3.53. The number of ether oxygens (including phenoxy) is 3. The Morgan fingerprint density at radius 1 is 1.10 bits per heavy atom. The third-order valence-corrected chi connectivity index (χ3v) is 5.84. The molecule has 0 atom stereocenters. The Hall–Kier alpha value is -3.05. The molecule has 0 unspecified atom stereocenters. The Balaban J connectivity index is 1.44. The first-order chi connectivity index (χ1) is 14.7. The first-order valence-electron chi connectivity index (χ1n) is 8.89. The van der Waals surface area contributed by atoms with Crippen LogP contribution in [0.5, 0.6) is 17.2 Å². The fraction of sp³-hybridized carbons (Fsp3) is 0.263. The summed E-state index contributed by atoms with van der Waals surface area (Å²) < 4.78 is 21.9. The predicted octanol–water partition coefficient (Wildman–Crippen LogP) is 3.83. The van der Waals surface area contributed by atoms with Gasteiger partial charge in [-0.25, -0.2) is 4.98 Å². The van der Waals surface area contributed by atoms with Crippen molar-refractivity contribution < 1.29 is 18.6 Å². The SMILES string of the molecule is COc1cc(-c2nnc(CSc3n[nH]c(Cc4cccs4)n3)o2)cc(OC)c1OC. The zero-order chi connectivity index (χ0) is 20.9. The molecular formula is C19H19N5O4S2. The van der Waals surface area contributed by atoms with E-state index in [1.807, 2.05) is 11.4 Å². The van der Waals surface area contributed by atoms with E-state index >= 15 is 0 Å². The van der Waals surface area contributed by atoms with Gasteiger partial charge >= 0.3 is 0 Å². The highest BCUT2D eigenvalue weighted by atomic mass is 32.2. The van der Waals surface area contributed by atoms with Crippen LogP contribution in [0.1, 0.15) is 16.6 Å². The third-order valence-electron chi connectivity index (χ3n) is 4.14. The van der Waals surface area contributed by atoms with Gasteiger partial charge in [0.15, 0.2) is 11.5 Å². The van der Waals surface area contributed by atoms with Gasteiger partial charge in [-0.05, 0) is 23.6 Å². The number of hydrogen-bond donors (Lipinski definition) is 1. The zero-order valence-electron chi connectivity index (χ0n) is 16.5. The molecule has 0 saturated heterocycles. The number of hydrogen-bond acceptors (Lipinski definition) is 10. The maximum atomic E-state index is 5.80. The van der Waals surface area contributed by atoms with Gasteiger partial charge in [0.25, 0.3) is 0 Å². The number of aromatic amines is 1. The standard InChI is InChI=1S/C19H19N5O4S2/c1-25-13-7-11(8-14(26-2)17(13)27-3)18-23-22-16(28-18)10-30-19-20-15(21-24-19)9-12-5-4-6-29-12/h4-8H,9-10H2,1-3H3,(H,20,21,24). The smallest absolute Gasteiger partial charge is 0.248 e. The average molecular weight is 446 g/mol. The number of benzene rings is 1. The second-order valence-corrected chi connectivity index (χ2v) is 8.00. The van der Waals surface area contributed by atoms with E-state index in [0.29, 0.717) is 45.5 Å². The Labute approximate surface area is 180 Å². The molecule has 0 amide bonds. The number of nitrogens with zero attached hydrogens (tertiary/aromatic N) is 4. The molecule has 0 fully saturated rings. The number of H-pyrrole nitrogens is 1. The third kappa shape index (κ3) is 4.41. The minimum Gasteiger partial charge on any atom is -0.493 e. The van der Waals surface area contributed by atoms with Crippen LogP contribution in [-0.4, -0.2) is 46.7 Å². The van der Waals surface area contributed by atoms with Crippen molar-refractivity contribution in [2.24, 2.45) is 0 Å². The summed E-state index contributed by atoms with van der Waals surface area (Å²) in [6, 6.07) is 7.62. The summed E-state index contributed by atoms with van der Waals surface area (Å²) >= 11 is 3.11. The van der Waals surface area contributed by atoms with Crippen LogP contribution in [0.15, 0.2) is 39.2 Å². The molecule has 0 aliphatic rings. The zero-order valence-corrected chi connectivity index (χ0v) is 18.2. The molecule has 0 bridgehead atoms. The Kier molecular flexibility index (Phi) is 6.19. The van der Waals surface area contributed by atoms with Gasteiger partial charge in [0.1, 0.15) is 5.82 Å². The highest BCUT2D eigenvalue weighted by molar-refractivity contribution is 7.98. The Bertz CT molecular complexity index is 1090. The molecule has 156 valence electrons. The van der Waals surface area contributed by atoms with Gasteiger partial charge in [-0.2, -0.15) is 0 Å². The lowest BCUT2D eigenvalue weighted by Gasteiger charge is -2.12. The van der Waals surface area contributed by atoms with Gasteiger partial charge < -0.3 is 18.6 Å². The highest BCUT2D eigenvalue weighted by Crippen LogP contribution is 2.41. The van der Waals surface area contributed by atoms with E-state index < -0.39 is 0 Å². The topological polar surface area (TPSA) is 108 Å². The molecule has 4 rings (SSSR count). The van der Waals surface area contributed by atoms with Crippen molar-refractivity contribution in [3.8, 4) is 28.7 Å². The molecule has 3 heterocycles. The van der Waals surface area contributed by atoms with Crippen molar-refractivity contribution in [1.82, 2.24) is 25.4 Å². The fourth-order valence-electron chi connectivity index (χ4n) is 2.76. The van der Waals surface area contributed by atoms with Gasteiger partial charge in [-0.15, -0.1) is 26.6 Å². The number of thiophene rings is 1. The molecule has 30 heavy (non-hydrogen) atoms. The van der Waals surface area contributed by atoms with Gasteiger partial charge in [-0.3, -0.25) is 5.10 Å². The number of methoxy groups -OCH3 is 3. The van der Waals surface area contributed by atoms with E-state index in [0.717, 1.165) is 12.2 Å². The van der Waals surface area contributed by atoms with E-state index in [4.69, 9.17) is 18.6 Å². The normalized spacial score (nSPS) is 10.9. The number of aromatic nitrogens is 5. The van der Waals surface area contributed by atoms with E-state index in [1.165, 1.54) is 16.6 Å². The summed E-state index contributed by atoms with van der Waals surface area (Å²) in [7, 11) is 4.66. The minimum absolute atomic E-state index is 0.359. The molecule has 9 nitrogen and oxygen atoms in total. The van der Waals surface area contributed by atoms with Crippen LogP contribution in [0.2, 0.25) is 0 Å². The molecule has 0 aliphatic carbocycles. The summed E-state index contributed by atoms with van der Waals surface area (Å²) in [5, 5.41) is 18.1. The number of rotatable bonds is 9. The summed E-state index contributed by atoms with van der Waals surface area (Å²) in [5.74, 6) is 3.63. The molecule has 11 heteroatoms. The summed E-state index contributed by atoms with van der Waals surface area (Å²) in [6.07, 6.45) is 0.733. The minimum atomic E-state index is 0.359. The maximum Gasteiger partial charge on any atom is 0.248 e. The van der Waals surface area contributed by atoms with Crippen molar-refractivity contribution in [3.63, 3.8) is 0 Å². The van der Waals surface area contributed by atoms with Gasteiger partial charge in [0.2, 0.25) is 22.7 Å². The maximum absolute atomic E-state index is 5.80. The van der Waals surface area contributed by atoms with Crippen LogP contribution in [0.3, 0.4) is 0 Å². The molecule has 1 N–H and O–H groups in total. The van der Waals surface area contributed by atoms with Crippen molar-refractivity contribution in [2.45, 2.75) is 17.3 Å². The second kappa shape index (κ2) is 9.18. The van der Waals surface area contributed by atoms with Crippen LogP contribution in [0.4, 0.5) is 0 Å². The van der Waals surface area contributed by atoms with Gasteiger partial charge in [0, 0.05) is 16.9 Å². The molecule has 0 aliphatic heterocycles. The molecule has 3 aromatic heterocycles. The van der Waals surface area contributed by atoms with Gasteiger partial charge in [0.05, 0.1) is 27.1 Å². The van der Waals surface area contributed by atoms with Crippen molar-refractivity contribution >= 4 is 23.1 Å². The van der Waals surface area contributed by atoms with Crippen LogP contribution < -0.4 is 14.2 Å². The molecule has 0 saturated carbocycles. The van der Waals surface area contributed by atoms with E-state index in [1.54, 1.807) is 44.8 Å². The molecule has 0 spiro atoms. The summed E-state index contributed by atoms with van der Waals surface area (Å²) in [4.78, 5) is 5.73. The van der Waals surface area contributed by atoms with Crippen molar-refractivity contribution in [1.29, 1.82) is 0 Å². The molecule has 1 aromatic carbocycles. The lowest BCUT2D eigenvalue weighted by atomic mass is 10.2. The van der Waals surface area contributed by atoms with Gasteiger partial charge in [-0.1, -0.05) is 17.8 Å². The van der Waals surface area contributed by atoms with Crippen LogP contribution >= 0.6 is 23.1 Å². The fourth-order valence-corrected chi connectivity index (χ4v) is 4.12. The Morgan fingerprint density at radius 2 is 1.90 bits per heavy atom. The Morgan fingerprint density at radius 3 is 2.57 bits per heavy atom. The largest absolute Gasteiger partial charge is 0.493 e. The van der Waals surface area contributed by atoms with E-state index in [9.17, 15) is 0 Å². The van der Waals surface area contributed by atoms with Crippen molar-refractivity contribution in [2.75, 3.05) is 21.3 Å². The first-order valence-corrected chi connectivity index (χ1v) is 10.8. The molecular weight excluding hydrogens is 426 g/mol. The predicted molar refractivity (Wildman–Crippen MR) is 112 cm³/mol. The van der Waals surface area contributed by atoms with Crippen LogP contribution in [0.25, 0.3) is 11.5 Å². The summed E-state index contributed by atoms with van der Waals surface area (Å²) in [6.45, 7) is 0. The van der Waals surface area contributed by atoms with Crippen LogP contribution in [0, 0.1) is 0 Å². The number of nitrogens with one attached hydrogen (secondary N) is 1. The number of thioether (sulfide) groups is 1. The van der Waals surface area contributed by atoms with E-state index in [-0.39, 0.29) is 0 Å². The monoisotopic (exact) mass is 445 g/mol. The van der Waals surface area contributed by atoms with E-state index in [2.05, 4.69) is 31.4 Å². The lowest BCUT2D eigenvalue weighted by Crippen LogP contribution is -1.95. The quantitative estimate of drug-likeness (QED) is 0.385. The van der Waals surface area contributed by atoms with Crippen LogP contribution in [-0.2, 0) is 12.2 Å².